The van der Waals surface area contributed by atoms with Crippen molar-refractivity contribution < 1.29 is 19.1 Å². The van der Waals surface area contributed by atoms with E-state index in [1.807, 2.05) is 12.2 Å². The van der Waals surface area contributed by atoms with Gasteiger partial charge in [-0.2, -0.15) is 0 Å². The number of ether oxygens (including phenoxy) is 2. The second kappa shape index (κ2) is 8.42. The van der Waals surface area contributed by atoms with E-state index in [-0.39, 0.29) is 0 Å². The lowest BCUT2D eigenvalue weighted by Crippen LogP contribution is -1.97. The predicted molar refractivity (Wildman–Crippen MR) is 83.8 cm³/mol. The van der Waals surface area contributed by atoms with E-state index >= 15 is 0 Å². The van der Waals surface area contributed by atoms with E-state index in [0.29, 0.717) is 35.8 Å². The average Bonchev–Trinajstić information content (AvgIpc) is 2.58. The first-order valence-corrected chi connectivity index (χ1v) is 6.83. The minimum Gasteiger partial charge on any atom is -0.490 e. The molecule has 112 valence electrons. The highest BCUT2D eigenvalue weighted by atomic mass is 16.5. The summed E-state index contributed by atoms with van der Waals surface area (Å²) < 4.78 is 11.0. The quantitative estimate of drug-likeness (QED) is 0.554. The predicted octanol–water partition coefficient (Wildman–Crippen LogP) is 3.33. The van der Waals surface area contributed by atoms with Crippen LogP contribution in [0.15, 0.2) is 60.7 Å². The zero-order valence-corrected chi connectivity index (χ0v) is 12.0. The minimum atomic E-state index is 0.389. The highest BCUT2D eigenvalue weighted by Gasteiger charge is 1.95. The number of carbonyl (C=O) groups excluding carboxylic acids is 2. The van der Waals surface area contributed by atoms with Crippen LogP contribution in [0.5, 0.6) is 11.5 Å². The molecule has 0 atom stereocenters. The highest BCUT2D eigenvalue weighted by molar-refractivity contribution is 5.75. The number of rotatable bonds is 8. The molecule has 0 heterocycles. The van der Waals surface area contributed by atoms with Crippen LogP contribution in [0.3, 0.4) is 0 Å². The Kier molecular flexibility index (Phi) is 5.93. The summed E-state index contributed by atoms with van der Waals surface area (Å²) in [4.78, 5) is 21.3. The minimum absolute atomic E-state index is 0.389. The van der Waals surface area contributed by atoms with Gasteiger partial charge in [0, 0.05) is 11.1 Å². The summed E-state index contributed by atoms with van der Waals surface area (Å²) >= 11 is 0. The third-order valence-electron chi connectivity index (χ3n) is 2.85. The lowest BCUT2D eigenvalue weighted by atomic mass is 10.2. The van der Waals surface area contributed by atoms with Gasteiger partial charge in [0.1, 0.15) is 37.3 Å². The Labute approximate surface area is 129 Å². The van der Waals surface area contributed by atoms with Gasteiger partial charge in [0.2, 0.25) is 0 Å². The molecule has 0 aromatic heterocycles. The van der Waals surface area contributed by atoms with Crippen LogP contribution >= 0.6 is 0 Å². The summed E-state index contributed by atoms with van der Waals surface area (Å²) in [5, 5.41) is 0. The molecule has 0 unspecified atom stereocenters. The second-order valence-corrected chi connectivity index (χ2v) is 4.47. The van der Waals surface area contributed by atoms with Gasteiger partial charge in [-0.1, -0.05) is 24.3 Å². The molecule has 2 aromatic carbocycles. The molecule has 0 aliphatic carbocycles. The van der Waals surface area contributed by atoms with Crippen LogP contribution in [0.1, 0.15) is 20.7 Å². The summed E-state index contributed by atoms with van der Waals surface area (Å²) in [6, 6.07) is 13.9. The van der Waals surface area contributed by atoms with E-state index in [2.05, 4.69) is 0 Å². The van der Waals surface area contributed by atoms with Crippen LogP contribution in [0.4, 0.5) is 0 Å². The monoisotopic (exact) mass is 296 g/mol. The van der Waals surface area contributed by atoms with Gasteiger partial charge in [0.25, 0.3) is 0 Å². The lowest BCUT2D eigenvalue weighted by molar-refractivity contribution is 0.111. The first-order valence-electron chi connectivity index (χ1n) is 6.83. The zero-order valence-electron chi connectivity index (χ0n) is 12.0. The Balaban J connectivity index is 1.73. The summed E-state index contributed by atoms with van der Waals surface area (Å²) in [6.07, 6.45) is 5.22. The molecular weight excluding hydrogens is 280 g/mol. The van der Waals surface area contributed by atoms with Crippen molar-refractivity contribution in [1.82, 2.24) is 0 Å². The third-order valence-corrected chi connectivity index (χ3v) is 2.85. The Morgan fingerprint density at radius 3 is 1.59 bits per heavy atom. The van der Waals surface area contributed by atoms with Crippen LogP contribution in [0, 0.1) is 0 Å². The standard InChI is InChI=1S/C18H16O4/c19-13-15-5-3-7-17(11-15)21-9-1-2-10-22-18-8-4-6-16(12-18)14-20/h1-8,11-14H,9-10H2/b2-1+. The molecule has 0 saturated heterocycles. The molecule has 0 aliphatic rings. The van der Waals surface area contributed by atoms with Crippen molar-refractivity contribution >= 4 is 12.6 Å². The molecule has 0 bridgehead atoms. The maximum Gasteiger partial charge on any atom is 0.150 e. The number of hydrogen-bond acceptors (Lipinski definition) is 4. The Hall–Kier alpha value is -2.88. The van der Waals surface area contributed by atoms with Crippen molar-refractivity contribution in [2.24, 2.45) is 0 Å². The topological polar surface area (TPSA) is 52.6 Å². The van der Waals surface area contributed by atoms with E-state index in [4.69, 9.17) is 9.47 Å². The van der Waals surface area contributed by atoms with Crippen molar-refractivity contribution in [3.05, 3.63) is 71.8 Å². The molecule has 2 aromatic rings. The summed E-state index contributed by atoms with van der Waals surface area (Å²) in [5.74, 6) is 1.29. The lowest BCUT2D eigenvalue weighted by Gasteiger charge is -2.04. The van der Waals surface area contributed by atoms with Gasteiger partial charge in [-0.3, -0.25) is 9.59 Å². The molecule has 0 spiro atoms. The molecule has 0 fully saturated rings. The average molecular weight is 296 g/mol. The van der Waals surface area contributed by atoms with Crippen LogP contribution in [0.25, 0.3) is 0 Å². The normalized spacial score (nSPS) is 10.4. The maximum absolute atomic E-state index is 10.6. The SMILES string of the molecule is O=Cc1cccc(OC/C=C/COc2cccc(C=O)c2)c1. The van der Waals surface area contributed by atoms with Crippen molar-refractivity contribution in [3.8, 4) is 11.5 Å². The van der Waals surface area contributed by atoms with Crippen LogP contribution in [-0.2, 0) is 0 Å². The fraction of sp³-hybridized carbons (Fsp3) is 0.111. The van der Waals surface area contributed by atoms with Gasteiger partial charge in [0.15, 0.2) is 0 Å². The van der Waals surface area contributed by atoms with Gasteiger partial charge >= 0.3 is 0 Å². The van der Waals surface area contributed by atoms with E-state index in [1.54, 1.807) is 48.5 Å². The molecule has 4 heteroatoms. The third kappa shape index (κ3) is 4.90. The molecule has 0 saturated carbocycles. The molecular formula is C18H16O4. The van der Waals surface area contributed by atoms with Crippen LogP contribution in [0.2, 0.25) is 0 Å². The van der Waals surface area contributed by atoms with Gasteiger partial charge in [-0.05, 0) is 36.4 Å². The Morgan fingerprint density at radius 2 is 1.18 bits per heavy atom. The summed E-state index contributed by atoms with van der Waals surface area (Å²) in [7, 11) is 0. The zero-order chi connectivity index (χ0) is 15.6. The molecule has 2 rings (SSSR count). The van der Waals surface area contributed by atoms with Gasteiger partial charge in [-0.15, -0.1) is 0 Å². The Bertz CT molecular complexity index is 604. The first-order chi connectivity index (χ1) is 10.8. The summed E-state index contributed by atoms with van der Waals surface area (Å²) in [5.41, 5.74) is 1.17. The molecule has 0 aliphatic heterocycles. The number of benzene rings is 2. The van der Waals surface area contributed by atoms with Gasteiger partial charge in [0.05, 0.1) is 0 Å². The maximum atomic E-state index is 10.6. The van der Waals surface area contributed by atoms with Gasteiger partial charge in [-0.25, -0.2) is 0 Å². The molecule has 22 heavy (non-hydrogen) atoms. The Morgan fingerprint density at radius 1 is 0.727 bits per heavy atom. The molecule has 0 amide bonds. The highest BCUT2D eigenvalue weighted by Crippen LogP contribution is 2.13. The van der Waals surface area contributed by atoms with Crippen molar-refractivity contribution in [2.75, 3.05) is 13.2 Å². The van der Waals surface area contributed by atoms with E-state index < -0.39 is 0 Å². The molecule has 4 nitrogen and oxygen atoms in total. The molecule has 0 radical (unpaired) electrons. The molecule has 0 N–H and O–H groups in total. The van der Waals surface area contributed by atoms with Crippen LogP contribution < -0.4 is 9.47 Å². The van der Waals surface area contributed by atoms with E-state index in [1.165, 1.54) is 0 Å². The van der Waals surface area contributed by atoms with E-state index in [9.17, 15) is 9.59 Å². The smallest absolute Gasteiger partial charge is 0.150 e. The van der Waals surface area contributed by atoms with Crippen molar-refractivity contribution in [1.29, 1.82) is 0 Å². The number of hydrogen-bond donors (Lipinski definition) is 0. The fourth-order valence-corrected chi connectivity index (χ4v) is 1.78. The second-order valence-electron chi connectivity index (χ2n) is 4.47. The first kappa shape index (κ1) is 15.5. The number of carbonyl (C=O) groups is 2. The number of aldehydes is 2. The van der Waals surface area contributed by atoms with Crippen molar-refractivity contribution in [2.45, 2.75) is 0 Å². The van der Waals surface area contributed by atoms with Crippen molar-refractivity contribution in [3.63, 3.8) is 0 Å². The fourth-order valence-electron chi connectivity index (χ4n) is 1.78. The van der Waals surface area contributed by atoms with E-state index in [0.717, 1.165) is 12.6 Å². The summed E-state index contributed by atoms with van der Waals surface area (Å²) in [6.45, 7) is 0.778. The largest absolute Gasteiger partial charge is 0.490 e. The van der Waals surface area contributed by atoms with Gasteiger partial charge < -0.3 is 9.47 Å². The van der Waals surface area contributed by atoms with Crippen LogP contribution in [-0.4, -0.2) is 25.8 Å².